The molecule has 2 saturated carbocycles. The van der Waals surface area contributed by atoms with Crippen LogP contribution < -0.4 is 0 Å². The molecule has 2 bridgehead atoms. The Kier molecular flexibility index (Phi) is 17.8. The number of hydrogen-bond donors (Lipinski definition) is 0. The lowest BCUT2D eigenvalue weighted by atomic mass is 9.44. The molecule has 0 amide bonds. The Morgan fingerprint density at radius 1 is 0.739 bits per heavy atom. The molecule has 1 aromatic rings. The summed E-state index contributed by atoms with van der Waals surface area (Å²) < 4.78 is 71.3. The third-order valence-corrected chi connectivity index (χ3v) is 31.2. The van der Waals surface area contributed by atoms with Gasteiger partial charge in [0.25, 0.3) is 0 Å². The maximum absolute atomic E-state index is 17.4. The molecule has 1 aromatic carbocycles. The highest BCUT2D eigenvalue weighted by atomic mass is 28.4. The minimum absolute atomic E-state index is 0.0245. The van der Waals surface area contributed by atoms with E-state index < -0.39 is 105 Å². The fraction of sp³-hybridized carbons (Fsp3) is 0.788. The summed E-state index contributed by atoms with van der Waals surface area (Å²) >= 11 is 0. The largest absolute Gasteiger partial charge is 0.455 e. The Morgan fingerprint density at radius 3 is 1.64 bits per heavy atom. The van der Waals surface area contributed by atoms with Crippen LogP contribution >= 0.6 is 0 Å². The Balaban J connectivity index is 2.09. The van der Waals surface area contributed by atoms with Gasteiger partial charge < -0.3 is 45.2 Å². The van der Waals surface area contributed by atoms with Gasteiger partial charge in [-0.3, -0.25) is 9.59 Å². The summed E-state index contributed by atoms with van der Waals surface area (Å²) in [4.78, 5) is 46.5. The molecule has 5 rings (SSSR count). The molecule has 0 aromatic heterocycles. The van der Waals surface area contributed by atoms with Crippen molar-refractivity contribution in [1.82, 2.24) is 0 Å². The van der Waals surface area contributed by atoms with E-state index in [9.17, 15) is 4.79 Å². The molecule has 1 heterocycles. The van der Waals surface area contributed by atoms with Crippen molar-refractivity contribution in [3.63, 3.8) is 0 Å². The lowest BCUT2D eigenvalue weighted by Gasteiger charge is -2.69. The minimum atomic E-state index is -3.36. The lowest BCUT2D eigenvalue weighted by molar-refractivity contribution is -0.343. The number of ketones is 1. The van der Waals surface area contributed by atoms with Crippen molar-refractivity contribution in [3.05, 3.63) is 47.0 Å². The number of esters is 2. The molecule has 69 heavy (non-hydrogen) atoms. The van der Waals surface area contributed by atoms with E-state index in [0.29, 0.717) is 11.1 Å². The first-order chi connectivity index (χ1) is 31.9. The van der Waals surface area contributed by atoms with E-state index in [-0.39, 0.29) is 58.5 Å². The van der Waals surface area contributed by atoms with Crippen LogP contribution in [-0.4, -0.2) is 122 Å². The molecule has 1 radical (unpaired) electrons. The molecular weight excluding hydrogens is 945 g/mol. The van der Waals surface area contributed by atoms with Gasteiger partial charge in [-0.15, -0.1) is 0 Å². The number of carbonyl (C=O) groups is 3. The molecule has 3 unspecified atom stereocenters. The summed E-state index contributed by atoms with van der Waals surface area (Å²) in [6, 6.07) is 8.88. The van der Waals surface area contributed by atoms with E-state index in [2.05, 4.69) is 117 Å². The monoisotopic (exact) mass is 1030 g/mol. The molecule has 9 atom stereocenters. The summed E-state index contributed by atoms with van der Waals surface area (Å²) in [7, 11) is -6.27. The SMILES string of the molecule is CO[Si](O[C@H]1C(=O)[C@@]2(C)C(C(OC(=O)c3ccccc3)[C@]3(O[Si](C)C)C[C@H](O[Si](OC)(C(C)C)C(C)C)C(C)=C1C3(C)C)[C@]1(OC(C)=O)COC1C[C@@H]2O[Si](OC)(C(C)C)C(C)C)(C(C)C)C(C)C. The fourth-order valence-electron chi connectivity index (χ4n) is 13.6. The van der Waals surface area contributed by atoms with Crippen LogP contribution in [0.3, 0.4) is 0 Å². The third-order valence-electron chi connectivity index (χ3n) is 16.9. The smallest absolute Gasteiger partial charge is 0.344 e. The summed E-state index contributed by atoms with van der Waals surface area (Å²) in [5.41, 5.74) is -4.04. The van der Waals surface area contributed by atoms with Gasteiger partial charge >= 0.3 is 37.6 Å². The van der Waals surface area contributed by atoms with Crippen LogP contribution in [-0.2, 0) is 54.8 Å². The average Bonchev–Trinajstić information content (AvgIpc) is 3.25. The first-order valence-electron chi connectivity index (χ1n) is 25.4. The second-order valence-corrected chi connectivity index (χ2v) is 38.4. The molecule has 17 heteroatoms. The predicted octanol–water partition coefficient (Wildman–Crippen LogP) is 11.2. The summed E-state index contributed by atoms with van der Waals surface area (Å²) in [5, 5.41) is 0. The van der Waals surface area contributed by atoms with Crippen LogP contribution in [0.4, 0.5) is 0 Å². The van der Waals surface area contributed by atoms with Crippen LogP contribution in [0, 0.1) is 16.7 Å². The van der Waals surface area contributed by atoms with Gasteiger partial charge in [0, 0.05) is 46.5 Å². The second kappa shape index (κ2) is 21.2. The van der Waals surface area contributed by atoms with Gasteiger partial charge in [-0.05, 0) is 83.5 Å². The van der Waals surface area contributed by atoms with Crippen LogP contribution in [0.15, 0.2) is 41.5 Å². The van der Waals surface area contributed by atoms with E-state index in [4.69, 9.17) is 45.2 Å². The minimum Gasteiger partial charge on any atom is -0.455 e. The molecule has 0 N–H and O–H groups in total. The highest BCUT2D eigenvalue weighted by molar-refractivity contribution is 6.71. The van der Waals surface area contributed by atoms with Crippen LogP contribution in [0.25, 0.3) is 0 Å². The number of carbonyl (C=O) groups excluding carboxylic acids is 3. The van der Waals surface area contributed by atoms with Crippen molar-refractivity contribution in [2.24, 2.45) is 16.7 Å². The highest BCUT2D eigenvalue weighted by Crippen LogP contribution is 2.67. The molecule has 3 aliphatic carbocycles. The van der Waals surface area contributed by atoms with Crippen molar-refractivity contribution >= 4 is 52.4 Å². The normalized spacial score (nSPS) is 30.8. The summed E-state index contributed by atoms with van der Waals surface area (Å²) in [6.45, 7) is 39.1. The number of fused-ring (bicyclic) bond motifs is 5. The van der Waals surface area contributed by atoms with Crippen molar-refractivity contribution in [3.8, 4) is 0 Å². The fourth-order valence-corrected chi connectivity index (χ4v) is 25.6. The van der Waals surface area contributed by atoms with Gasteiger partial charge in [-0.25, -0.2) is 4.79 Å². The molecule has 3 fully saturated rings. The van der Waals surface area contributed by atoms with Gasteiger partial charge in [0.15, 0.2) is 11.4 Å². The maximum atomic E-state index is 17.4. The topological polar surface area (TPSA) is 144 Å². The number of hydrogen-bond acceptors (Lipinski definition) is 13. The van der Waals surface area contributed by atoms with Gasteiger partial charge in [0.2, 0.25) is 9.04 Å². The van der Waals surface area contributed by atoms with Gasteiger partial charge in [0.1, 0.15) is 23.9 Å². The molecule has 1 aliphatic heterocycles. The third kappa shape index (κ3) is 9.39. The molecule has 391 valence electrons. The number of ether oxygens (including phenoxy) is 3. The van der Waals surface area contributed by atoms with Crippen LogP contribution in [0.5, 0.6) is 0 Å². The highest BCUT2D eigenvalue weighted by Gasteiger charge is 2.80. The zero-order chi connectivity index (χ0) is 52.2. The Hall–Kier alpha value is -1.88. The Bertz CT molecular complexity index is 2000. The number of Topliss-reactive ketones (excluding diaryl/α,β-unsaturated/α-hetero) is 1. The summed E-state index contributed by atoms with van der Waals surface area (Å²) in [5.74, 6) is -2.55. The zero-order valence-electron chi connectivity index (χ0n) is 46.2. The second-order valence-electron chi connectivity index (χ2n) is 23.1. The molecule has 4 aliphatic rings. The van der Waals surface area contributed by atoms with Gasteiger partial charge in [-0.1, -0.05) is 115 Å². The average molecular weight is 1030 g/mol. The summed E-state index contributed by atoms with van der Waals surface area (Å²) in [6.07, 6.45) is -4.42. The Morgan fingerprint density at radius 2 is 1.22 bits per heavy atom. The number of rotatable bonds is 20. The van der Waals surface area contributed by atoms with E-state index in [0.717, 1.165) is 5.57 Å². The molecule has 0 spiro atoms. The van der Waals surface area contributed by atoms with Crippen molar-refractivity contribution in [2.75, 3.05) is 27.9 Å². The lowest BCUT2D eigenvalue weighted by Crippen LogP contribution is -2.83. The van der Waals surface area contributed by atoms with Gasteiger partial charge in [-0.2, -0.15) is 0 Å². The molecule has 1 saturated heterocycles. The quantitative estimate of drug-likeness (QED) is 0.0695. The van der Waals surface area contributed by atoms with Crippen molar-refractivity contribution in [2.45, 2.75) is 219 Å². The predicted molar refractivity (Wildman–Crippen MR) is 277 cm³/mol. The standard InChI is InChI=1S/C52H89O13Si4/c1-31(2)67(56-18,32(3)4)62-40-29-52(65-66(21)22)47(60-48(55)39-26-24-23-25-27-39)45-50(17,46(54)44(43(37(40)13)49(52,15)16)64-69(58-20,35(9)10)36(11)12)41(63-68(57-19,33(5)6)34(7)8)28-42-51(45,30-59-42)61-38(14)53/h23-27,31-36,40-42,44-45,47H,28-30H2,1-22H3/t40-,41-,42?,44+,45?,47?,50+,51-,52+/m0/s1. The molecular formula is C52H89O13Si4. The van der Waals surface area contributed by atoms with E-state index in [1.54, 1.807) is 45.6 Å². The van der Waals surface area contributed by atoms with E-state index in [1.807, 2.05) is 13.0 Å². The van der Waals surface area contributed by atoms with E-state index >= 15 is 9.59 Å². The van der Waals surface area contributed by atoms with Crippen LogP contribution in [0.1, 0.15) is 141 Å². The van der Waals surface area contributed by atoms with Crippen molar-refractivity contribution < 1.29 is 59.6 Å². The zero-order valence-corrected chi connectivity index (χ0v) is 50.2. The first-order valence-corrected chi connectivity index (χ1v) is 33.8. The van der Waals surface area contributed by atoms with Crippen molar-refractivity contribution in [1.29, 1.82) is 0 Å². The first kappa shape index (κ1) is 58.0. The maximum Gasteiger partial charge on any atom is 0.344 e. The van der Waals surface area contributed by atoms with Gasteiger partial charge in [0.05, 0.1) is 35.7 Å². The Labute approximate surface area is 420 Å². The number of benzene rings is 1. The van der Waals surface area contributed by atoms with Crippen LogP contribution in [0.2, 0.25) is 46.3 Å². The molecule has 13 nitrogen and oxygen atoms in total. The van der Waals surface area contributed by atoms with E-state index in [1.165, 1.54) is 6.92 Å².